The topological polar surface area (TPSA) is 3.24 Å². The van der Waals surface area contributed by atoms with Crippen molar-refractivity contribution in [3.63, 3.8) is 0 Å². The van der Waals surface area contributed by atoms with E-state index in [4.69, 9.17) is 0 Å². The summed E-state index contributed by atoms with van der Waals surface area (Å²) in [4.78, 5) is 2.62. The normalized spacial score (nSPS) is 26.2. The molecule has 1 nitrogen and oxygen atoms in total. The molecule has 1 aromatic carbocycles. The van der Waals surface area contributed by atoms with E-state index in [2.05, 4.69) is 36.1 Å². The van der Waals surface area contributed by atoms with E-state index in [1.807, 2.05) is 0 Å². The van der Waals surface area contributed by atoms with E-state index in [-0.39, 0.29) is 0 Å². The number of benzene rings is 1. The van der Waals surface area contributed by atoms with E-state index in [0.29, 0.717) is 0 Å². The molecule has 0 spiro atoms. The van der Waals surface area contributed by atoms with Crippen molar-refractivity contribution in [3.05, 3.63) is 29.8 Å². The highest BCUT2D eigenvalue weighted by atomic mass is 15.2. The first-order valence-electron chi connectivity index (χ1n) is 5.22. The number of hydrogen-bond acceptors (Lipinski definition) is 1. The zero-order valence-corrected chi connectivity index (χ0v) is 8.03. The Labute approximate surface area is 79.4 Å². The van der Waals surface area contributed by atoms with Crippen LogP contribution in [0, 0.1) is 0 Å². The molecule has 1 heteroatoms. The Morgan fingerprint density at radius 3 is 2.77 bits per heavy atom. The fraction of sp³-hybridized carbons (Fsp3) is 0.500. The smallest absolute Gasteiger partial charge is 0.0404 e. The molecule has 1 heterocycles. The van der Waals surface area contributed by atoms with Gasteiger partial charge in [-0.25, -0.2) is 0 Å². The van der Waals surface area contributed by atoms with Crippen LogP contribution in [0.15, 0.2) is 24.3 Å². The van der Waals surface area contributed by atoms with Gasteiger partial charge in [0.05, 0.1) is 0 Å². The summed E-state index contributed by atoms with van der Waals surface area (Å²) in [5.41, 5.74) is 3.04. The number of rotatable bonds is 1. The van der Waals surface area contributed by atoms with Gasteiger partial charge in [-0.15, -0.1) is 0 Å². The quantitative estimate of drug-likeness (QED) is 0.631. The fourth-order valence-electron chi connectivity index (χ4n) is 2.50. The summed E-state index contributed by atoms with van der Waals surface area (Å²) in [6.07, 6.45) is 4.05. The van der Waals surface area contributed by atoms with E-state index in [1.165, 1.54) is 24.9 Å². The zero-order valence-electron chi connectivity index (χ0n) is 8.03. The van der Waals surface area contributed by atoms with Crippen LogP contribution in [0.3, 0.4) is 0 Å². The number of hydrogen-bond donors (Lipinski definition) is 0. The van der Waals surface area contributed by atoms with Crippen molar-refractivity contribution in [2.45, 2.75) is 38.3 Å². The molecule has 1 unspecified atom stereocenters. The van der Waals surface area contributed by atoms with Crippen LogP contribution in [-0.2, 0) is 6.42 Å². The molecule has 0 N–H and O–H groups in total. The molecule has 3 rings (SSSR count). The van der Waals surface area contributed by atoms with Crippen molar-refractivity contribution in [2.75, 3.05) is 4.90 Å². The largest absolute Gasteiger partial charge is 0.365 e. The fourth-order valence-corrected chi connectivity index (χ4v) is 2.50. The van der Waals surface area contributed by atoms with Crippen LogP contribution in [0.4, 0.5) is 5.69 Å². The molecular weight excluding hydrogens is 158 g/mol. The molecule has 0 aromatic heterocycles. The third-order valence-corrected chi connectivity index (χ3v) is 3.20. The third-order valence-electron chi connectivity index (χ3n) is 3.20. The highest BCUT2D eigenvalue weighted by Gasteiger charge is 2.36. The van der Waals surface area contributed by atoms with Gasteiger partial charge in [-0.2, -0.15) is 0 Å². The zero-order chi connectivity index (χ0) is 8.84. The van der Waals surface area contributed by atoms with Gasteiger partial charge in [0.1, 0.15) is 0 Å². The van der Waals surface area contributed by atoms with Crippen LogP contribution in [0.25, 0.3) is 0 Å². The van der Waals surface area contributed by atoms with Gasteiger partial charge >= 0.3 is 0 Å². The van der Waals surface area contributed by atoms with Gasteiger partial charge in [-0.05, 0) is 37.8 Å². The molecule has 1 saturated carbocycles. The van der Waals surface area contributed by atoms with Crippen LogP contribution in [0.2, 0.25) is 0 Å². The summed E-state index contributed by atoms with van der Waals surface area (Å²) >= 11 is 0. The van der Waals surface area contributed by atoms with E-state index >= 15 is 0 Å². The monoisotopic (exact) mass is 173 g/mol. The Bertz CT molecular complexity index is 328. The number of nitrogens with zero attached hydrogens (tertiary/aromatic N) is 1. The summed E-state index contributed by atoms with van der Waals surface area (Å²) in [5.74, 6) is 0. The van der Waals surface area contributed by atoms with Crippen molar-refractivity contribution in [2.24, 2.45) is 0 Å². The van der Waals surface area contributed by atoms with Crippen molar-refractivity contribution >= 4 is 5.69 Å². The lowest BCUT2D eigenvalue weighted by Gasteiger charge is -2.24. The van der Waals surface area contributed by atoms with Gasteiger partial charge < -0.3 is 4.90 Å². The summed E-state index contributed by atoms with van der Waals surface area (Å²) < 4.78 is 0. The van der Waals surface area contributed by atoms with Gasteiger partial charge in [0.25, 0.3) is 0 Å². The van der Waals surface area contributed by atoms with E-state index in [9.17, 15) is 0 Å². The first kappa shape index (κ1) is 7.43. The Morgan fingerprint density at radius 1 is 1.23 bits per heavy atom. The molecule has 1 aliphatic carbocycles. The Hall–Kier alpha value is -0.980. The molecule has 1 fully saturated rings. The lowest BCUT2D eigenvalue weighted by Crippen LogP contribution is -2.31. The lowest BCUT2D eigenvalue weighted by molar-refractivity contribution is 0.669. The molecule has 1 atom stereocenters. The summed E-state index contributed by atoms with van der Waals surface area (Å²) in [7, 11) is 0. The molecule has 0 amide bonds. The molecule has 68 valence electrons. The van der Waals surface area contributed by atoms with Gasteiger partial charge in [-0.1, -0.05) is 18.2 Å². The predicted octanol–water partition coefficient (Wildman–Crippen LogP) is 2.60. The maximum Gasteiger partial charge on any atom is 0.0404 e. The van der Waals surface area contributed by atoms with Gasteiger partial charge in [0, 0.05) is 17.8 Å². The number of fused-ring (bicyclic) bond motifs is 1. The minimum absolute atomic E-state index is 0.727. The molecule has 13 heavy (non-hydrogen) atoms. The highest BCUT2D eigenvalue weighted by molar-refractivity contribution is 5.60. The molecule has 0 bridgehead atoms. The molecular formula is C12H15N. The second-order valence-corrected chi connectivity index (χ2v) is 4.32. The van der Waals surface area contributed by atoms with Gasteiger partial charge in [-0.3, -0.25) is 0 Å². The summed E-state index contributed by atoms with van der Waals surface area (Å²) in [5, 5.41) is 0. The molecule has 2 aliphatic rings. The minimum atomic E-state index is 0.727. The van der Waals surface area contributed by atoms with Gasteiger partial charge in [0.2, 0.25) is 0 Å². The van der Waals surface area contributed by atoms with Crippen LogP contribution in [0.5, 0.6) is 0 Å². The second kappa shape index (κ2) is 2.50. The Balaban J connectivity index is 2.03. The molecule has 0 radical (unpaired) electrons. The molecule has 1 aromatic rings. The van der Waals surface area contributed by atoms with Gasteiger partial charge in [0.15, 0.2) is 0 Å². The van der Waals surface area contributed by atoms with Crippen LogP contribution < -0.4 is 4.90 Å². The second-order valence-electron chi connectivity index (χ2n) is 4.32. The van der Waals surface area contributed by atoms with Crippen LogP contribution >= 0.6 is 0 Å². The molecule has 0 saturated heterocycles. The van der Waals surface area contributed by atoms with Crippen molar-refractivity contribution in [3.8, 4) is 0 Å². The summed E-state index contributed by atoms with van der Waals surface area (Å²) in [6, 6.07) is 10.4. The first-order valence-corrected chi connectivity index (χ1v) is 5.22. The van der Waals surface area contributed by atoms with E-state index < -0.39 is 0 Å². The summed E-state index contributed by atoms with van der Waals surface area (Å²) in [6.45, 7) is 2.35. The van der Waals surface area contributed by atoms with E-state index in [0.717, 1.165) is 12.1 Å². The maximum atomic E-state index is 2.62. The van der Waals surface area contributed by atoms with E-state index in [1.54, 1.807) is 5.56 Å². The average molecular weight is 173 g/mol. The van der Waals surface area contributed by atoms with Crippen LogP contribution in [-0.4, -0.2) is 12.1 Å². The standard InChI is InChI=1S/C12H15N/c1-9-8-10-4-2-3-5-12(10)13(9)11-6-7-11/h2-5,9,11H,6-8H2,1H3. The minimum Gasteiger partial charge on any atom is -0.365 e. The molecule has 1 aliphatic heterocycles. The first-order chi connectivity index (χ1) is 6.36. The lowest BCUT2D eigenvalue weighted by atomic mass is 10.1. The average Bonchev–Trinajstić information content (AvgIpc) is 2.88. The van der Waals surface area contributed by atoms with Crippen molar-refractivity contribution < 1.29 is 0 Å². The Morgan fingerprint density at radius 2 is 2.00 bits per heavy atom. The Kier molecular flexibility index (Phi) is 1.43. The van der Waals surface area contributed by atoms with Crippen LogP contribution in [0.1, 0.15) is 25.3 Å². The number of anilines is 1. The van der Waals surface area contributed by atoms with Crippen molar-refractivity contribution in [1.29, 1.82) is 0 Å². The SMILES string of the molecule is CC1Cc2ccccc2N1C1CC1. The third kappa shape index (κ3) is 1.06. The highest BCUT2D eigenvalue weighted by Crippen LogP contribution is 2.40. The predicted molar refractivity (Wildman–Crippen MR) is 55.1 cm³/mol. The van der Waals surface area contributed by atoms with Crippen molar-refractivity contribution in [1.82, 2.24) is 0 Å². The maximum absolute atomic E-state index is 2.62. The number of para-hydroxylation sites is 1.